The lowest BCUT2D eigenvalue weighted by Gasteiger charge is -2.15. The third-order valence-corrected chi connectivity index (χ3v) is 4.85. The summed E-state index contributed by atoms with van der Waals surface area (Å²) in [5.41, 5.74) is 8.36. The summed E-state index contributed by atoms with van der Waals surface area (Å²) >= 11 is 0. The van der Waals surface area contributed by atoms with Crippen LogP contribution in [0.5, 0.6) is 0 Å². The Labute approximate surface area is 131 Å². The van der Waals surface area contributed by atoms with E-state index in [0.29, 0.717) is 5.92 Å². The molecule has 0 spiro atoms. The number of aryl methyl sites for hydroxylation is 1. The van der Waals surface area contributed by atoms with Crippen molar-refractivity contribution in [1.29, 1.82) is 0 Å². The van der Waals surface area contributed by atoms with Crippen LogP contribution in [0.25, 0.3) is 11.1 Å². The summed E-state index contributed by atoms with van der Waals surface area (Å²) < 4.78 is 2.23. The van der Waals surface area contributed by atoms with E-state index in [9.17, 15) is 0 Å². The van der Waals surface area contributed by atoms with Crippen LogP contribution >= 0.6 is 0 Å². The normalized spacial score (nSPS) is 13.7. The van der Waals surface area contributed by atoms with Crippen LogP contribution in [0.15, 0.2) is 55.0 Å². The molecule has 1 atom stereocenters. The number of nitrogens with zero attached hydrogens (tertiary/aromatic N) is 2. The molecule has 110 valence electrons. The van der Waals surface area contributed by atoms with Crippen LogP contribution in [0.3, 0.4) is 0 Å². The first-order valence-corrected chi connectivity index (χ1v) is 7.99. The monoisotopic (exact) mass is 288 g/mol. The third kappa shape index (κ3) is 1.98. The molecule has 0 amide bonds. The topological polar surface area (TPSA) is 17.8 Å². The minimum Gasteiger partial charge on any atom is -0.334 e. The van der Waals surface area contributed by atoms with Gasteiger partial charge in [-0.1, -0.05) is 49.4 Å². The smallest absolute Gasteiger partial charge is 0.0948 e. The summed E-state index contributed by atoms with van der Waals surface area (Å²) in [5, 5.41) is 0. The number of benzene rings is 2. The number of hydrogen-bond donors (Lipinski definition) is 0. The fourth-order valence-electron chi connectivity index (χ4n) is 3.56. The summed E-state index contributed by atoms with van der Waals surface area (Å²) in [5.74, 6) is 0.372. The highest BCUT2D eigenvalue weighted by Gasteiger charge is 2.20. The van der Waals surface area contributed by atoms with E-state index in [1.807, 2.05) is 12.5 Å². The molecule has 1 aromatic heterocycles. The maximum Gasteiger partial charge on any atom is 0.0948 e. The van der Waals surface area contributed by atoms with Crippen molar-refractivity contribution < 1.29 is 0 Å². The van der Waals surface area contributed by atoms with Crippen molar-refractivity contribution in [2.45, 2.75) is 32.7 Å². The van der Waals surface area contributed by atoms with E-state index in [-0.39, 0.29) is 0 Å². The van der Waals surface area contributed by atoms with Gasteiger partial charge in [0.15, 0.2) is 0 Å². The number of fused-ring (bicyclic) bond motifs is 3. The summed E-state index contributed by atoms with van der Waals surface area (Å²) in [4.78, 5) is 4.31. The summed E-state index contributed by atoms with van der Waals surface area (Å²) in [6, 6.07) is 15.7. The molecule has 0 fully saturated rings. The predicted octanol–water partition coefficient (Wildman–Crippen LogP) is 4.63. The van der Waals surface area contributed by atoms with Gasteiger partial charge in [0, 0.05) is 24.4 Å². The van der Waals surface area contributed by atoms with E-state index in [4.69, 9.17) is 0 Å². The van der Waals surface area contributed by atoms with E-state index >= 15 is 0 Å². The van der Waals surface area contributed by atoms with Gasteiger partial charge in [0.05, 0.1) is 6.33 Å². The molecule has 0 aliphatic heterocycles. The van der Waals surface area contributed by atoms with Crippen LogP contribution in [0, 0.1) is 0 Å². The first-order valence-electron chi connectivity index (χ1n) is 7.99. The van der Waals surface area contributed by atoms with Crippen molar-refractivity contribution >= 4 is 0 Å². The second kappa shape index (κ2) is 5.13. The Morgan fingerprint density at radius 1 is 1.09 bits per heavy atom. The number of hydrogen-bond acceptors (Lipinski definition) is 1. The summed E-state index contributed by atoms with van der Waals surface area (Å²) in [6.45, 7) is 5.40. The Kier molecular flexibility index (Phi) is 3.11. The molecule has 2 aromatic carbocycles. The van der Waals surface area contributed by atoms with Crippen molar-refractivity contribution in [3.63, 3.8) is 0 Å². The van der Waals surface area contributed by atoms with Gasteiger partial charge in [-0.2, -0.15) is 0 Å². The third-order valence-electron chi connectivity index (χ3n) is 4.85. The second-order valence-corrected chi connectivity index (χ2v) is 6.08. The molecule has 22 heavy (non-hydrogen) atoms. The second-order valence-electron chi connectivity index (χ2n) is 6.08. The van der Waals surface area contributed by atoms with Crippen LogP contribution < -0.4 is 0 Å². The van der Waals surface area contributed by atoms with Crippen LogP contribution in [0.2, 0.25) is 0 Å². The summed E-state index contributed by atoms with van der Waals surface area (Å²) in [6.07, 6.45) is 4.98. The number of rotatable bonds is 3. The zero-order valence-corrected chi connectivity index (χ0v) is 13.1. The fraction of sp³-hybridized carbons (Fsp3) is 0.250. The van der Waals surface area contributed by atoms with Crippen molar-refractivity contribution in [3.05, 3.63) is 77.4 Å². The first kappa shape index (κ1) is 13.3. The number of imidazole rings is 1. The standard InChI is InChI=1S/C20H20N2/c1-3-22-13-21-12-20(22)14(2)15-8-9-19-17(10-15)11-16-6-4-5-7-18(16)19/h4-10,12-14H,3,11H2,1-2H3. The molecular weight excluding hydrogens is 268 g/mol. The Morgan fingerprint density at radius 3 is 2.77 bits per heavy atom. The molecule has 0 saturated heterocycles. The Balaban J connectivity index is 1.73. The molecule has 0 N–H and O–H groups in total. The molecule has 2 heteroatoms. The van der Waals surface area contributed by atoms with E-state index < -0.39 is 0 Å². The van der Waals surface area contributed by atoms with Crippen LogP contribution in [0.4, 0.5) is 0 Å². The molecule has 2 nitrogen and oxygen atoms in total. The lowest BCUT2D eigenvalue weighted by atomic mass is 9.94. The van der Waals surface area contributed by atoms with E-state index in [1.54, 1.807) is 0 Å². The van der Waals surface area contributed by atoms with Gasteiger partial charge >= 0.3 is 0 Å². The molecule has 0 bridgehead atoms. The molecule has 1 heterocycles. The van der Waals surface area contributed by atoms with Gasteiger partial charge in [-0.25, -0.2) is 4.98 Å². The molecular formula is C20H20N2. The van der Waals surface area contributed by atoms with Crippen molar-refractivity contribution in [2.75, 3.05) is 0 Å². The van der Waals surface area contributed by atoms with E-state index in [2.05, 4.69) is 65.9 Å². The summed E-state index contributed by atoms with van der Waals surface area (Å²) in [7, 11) is 0. The van der Waals surface area contributed by atoms with Crippen molar-refractivity contribution in [1.82, 2.24) is 9.55 Å². The molecule has 3 aromatic rings. The average molecular weight is 288 g/mol. The van der Waals surface area contributed by atoms with Crippen molar-refractivity contribution in [3.8, 4) is 11.1 Å². The van der Waals surface area contributed by atoms with Gasteiger partial charge in [-0.3, -0.25) is 0 Å². The number of aromatic nitrogens is 2. The molecule has 1 aliphatic carbocycles. The highest BCUT2D eigenvalue weighted by atomic mass is 15.0. The van der Waals surface area contributed by atoms with Gasteiger partial charge in [0.25, 0.3) is 0 Å². The minimum atomic E-state index is 0.372. The van der Waals surface area contributed by atoms with Crippen molar-refractivity contribution in [2.24, 2.45) is 0 Å². The lowest BCUT2D eigenvalue weighted by Crippen LogP contribution is -2.05. The Morgan fingerprint density at radius 2 is 1.91 bits per heavy atom. The zero-order chi connectivity index (χ0) is 15.1. The van der Waals surface area contributed by atoms with Gasteiger partial charge < -0.3 is 4.57 Å². The van der Waals surface area contributed by atoms with Crippen LogP contribution in [0.1, 0.15) is 42.1 Å². The van der Waals surface area contributed by atoms with Gasteiger partial charge in [0.1, 0.15) is 0 Å². The quantitative estimate of drug-likeness (QED) is 0.537. The largest absolute Gasteiger partial charge is 0.334 e. The lowest BCUT2D eigenvalue weighted by molar-refractivity contribution is 0.686. The molecule has 0 radical (unpaired) electrons. The molecule has 4 rings (SSSR count). The Bertz CT molecular complexity index is 829. The molecule has 0 saturated carbocycles. The molecule has 1 unspecified atom stereocenters. The zero-order valence-electron chi connectivity index (χ0n) is 13.1. The van der Waals surface area contributed by atoms with Gasteiger partial charge in [0.2, 0.25) is 0 Å². The molecule has 1 aliphatic rings. The predicted molar refractivity (Wildman–Crippen MR) is 90.1 cm³/mol. The van der Waals surface area contributed by atoms with Gasteiger partial charge in [-0.05, 0) is 41.2 Å². The first-order chi connectivity index (χ1) is 10.8. The fourth-order valence-corrected chi connectivity index (χ4v) is 3.56. The van der Waals surface area contributed by atoms with Crippen LogP contribution in [-0.2, 0) is 13.0 Å². The maximum absolute atomic E-state index is 4.31. The van der Waals surface area contributed by atoms with E-state index in [0.717, 1.165) is 13.0 Å². The highest BCUT2D eigenvalue weighted by molar-refractivity contribution is 5.77. The maximum atomic E-state index is 4.31. The van der Waals surface area contributed by atoms with Gasteiger partial charge in [-0.15, -0.1) is 0 Å². The average Bonchev–Trinajstić information content (AvgIpc) is 3.17. The Hall–Kier alpha value is -2.35. The minimum absolute atomic E-state index is 0.372. The highest BCUT2D eigenvalue weighted by Crippen LogP contribution is 2.38. The van der Waals surface area contributed by atoms with E-state index in [1.165, 1.54) is 33.5 Å². The SMILES string of the molecule is CCn1cncc1C(C)c1ccc2c(c1)Cc1ccccc1-2. The van der Waals surface area contributed by atoms with Crippen LogP contribution in [-0.4, -0.2) is 9.55 Å².